The Morgan fingerprint density at radius 1 is 1.04 bits per heavy atom. The van der Waals surface area contributed by atoms with Crippen molar-refractivity contribution in [2.24, 2.45) is 0 Å². The topological polar surface area (TPSA) is 37.4 Å². The summed E-state index contributed by atoms with van der Waals surface area (Å²) in [4.78, 5) is 0. The van der Waals surface area contributed by atoms with Crippen molar-refractivity contribution in [3.63, 3.8) is 0 Å². The Morgan fingerprint density at radius 2 is 1.78 bits per heavy atom. The summed E-state index contributed by atoms with van der Waals surface area (Å²) in [6, 6.07) is 6.84. The third-order valence-corrected chi connectivity index (χ3v) is 8.59. The maximum atomic E-state index is 14.0. The molecule has 0 radical (unpaired) electrons. The number of thioether (sulfide) groups is 1. The lowest BCUT2D eigenvalue weighted by Gasteiger charge is -2.28. The molecule has 3 nitrogen and oxygen atoms in total. The number of hydrogen-bond donors (Lipinski definition) is 0. The molecule has 6 heteroatoms. The summed E-state index contributed by atoms with van der Waals surface area (Å²) in [7, 11) is -3.20. The lowest BCUT2D eigenvalue weighted by atomic mass is 10.0. The Hall–Kier alpha value is -0.590. The van der Waals surface area contributed by atoms with Crippen LogP contribution in [0.5, 0.6) is 0 Å². The fraction of sp³-hybridized carbons (Fsp3) is 0.647. The fourth-order valence-electron chi connectivity index (χ4n) is 3.56. The summed E-state index contributed by atoms with van der Waals surface area (Å²) in [5.74, 6) is 0.541. The van der Waals surface area contributed by atoms with E-state index in [1.807, 2.05) is 12.1 Å². The Balaban J connectivity index is 1.70. The molecule has 1 saturated carbocycles. The highest BCUT2D eigenvalue weighted by atomic mass is 32.2. The second kappa shape index (κ2) is 7.53. The van der Waals surface area contributed by atoms with Gasteiger partial charge in [0.05, 0.1) is 5.25 Å². The first-order valence-electron chi connectivity index (χ1n) is 8.44. The van der Waals surface area contributed by atoms with E-state index < -0.39 is 10.0 Å². The molecule has 128 valence electrons. The number of sulfonamides is 1. The van der Waals surface area contributed by atoms with Crippen LogP contribution in [0.15, 0.2) is 24.3 Å². The fourth-order valence-corrected chi connectivity index (χ4v) is 6.99. The summed E-state index contributed by atoms with van der Waals surface area (Å²) < 4.78 is 41.3. The van der Waals surface area contributed by atoms with Gasteiger partial charge in [0.25, 0.3) is 0 Å². The quantitative estimate of drug-likeness (QED) is 0.821. The maximum absolute atomic E-state index is 14.0. The molecule has 1 aliphatic heterocycles. The van der Waals surface area contributed by atoms with Crippen LogP contribution in [0.2, 0.25) is 0 Å². The van der Waals surface area contributed by atoms with Crippen molar-refractivity contribution in [3.8, 4) is 0 Å². The first-order valence-corrected chi connectivity index (χ1v) is 11.0. The molecule has 2 aliphatic rings. The predicted molar refractivity (Wildman–Crippen MR) is 93.6 cm³/mol. The monoisotopic (exact) mass is 357 g/mol. The first-order chi connectivity index (χ1) is 11.1. The minimum Gasteiger partial charge on any atom is -0.212 e. The van der Waals surface area contributed by atoms with E-state index in [0.29, 0.717) is 25.1 Å². The summed E-state index contributed by atoms with van der Waals surface area (Å²) >= 11 is 1.67. The third-order valence-electron chi connectivity index (χ3n) is 4.89. The van der Waals surface area contributed by atoms with Crippen molar-refractivity contribution in [3.05, 3.63) is 35.6 Å². The molecule has 1 aliphatic carbocycles. The Morgan fingerprint density at radius 3 is 2.52 bits per heavy atom. The molecule has 0 aromatic heterocycles. The van der Waals surface area contributed by atoms with E-state index in [-0.39, 0.29) is 16.3 Å². The largest absolute Gasteiger partial charge is 0.217 e. The van der Waals surface area contributed by atoms with E-state index in [9.17, 15) is 12.8 Å². The van der Waals surface area contributed by atoms with E-state index in [1.165, 1.54) is 6.07 Å². The molecule has 1 saturated heterocycles. The van der Waals surface area contributed by atoms with Crippen LogP contribution in [-0.2, 0) is 10.0 Å². The van der Waals surface area contributed by atoms with Crippen molar-refractivity contribution >= 4 is 21.8 Å². The zero-order valence-electron chi connectivity index (χ0n) is 13.3. The molecule has 0 N–H and O–H groups in total. The number of hydrogen-bond acceptors (Lipinski definition) is 3. The molecule has 1 heterocycles. The highest BCUT2D eigenvalue weighted by Crippen LogP contribution is 2.37. The molecule has 2 fully saturated rings. The Kier molecular flexibility index (Phi) is 5.65. The zero-order valence-corrected chi connectivity index (χ0v) is 14.9. The van der Waals surface area contributed by atoms with Gasteiger partial charge in [0.15, 0.2) is 0 Å². The molecular weight excluding hydrogens is 333 g/mol. The van der Waals surface area contributed by atoms with Gasteiger partial charge >= 0.3 is 0 Å². The molecule has 1 atom stereocenters. The third kappa shape index (κ3) is 3.91. The number of nitrogens with zero attached hydrogens (tertiary/aromatic N) is 1. The normalized spacial score (nSPS) is 25.2. The van der Waals surface area contributed by atoms with E-state index in [0.717, 1.165) is 37.9 Å². The van der Waals surface area contributed by atoms with Crippen molar-refractivity contribution in [2.45, 2.75) is 49.0 Å². The van der Waals surface area contributed by atoms with Gasteiger partial charge < -0.3 is 0 Å². The Bertz CT molecular complexity index is 629. The van der Waals surface area contributed by atoms with Crippen molar-refractivity contribution < 1.29 is 12.8 Å². The van der Waals surface area contributed by atoms with E-state index >= 15 is 0 Å². The highest BCUT2D eigenvalue weighted by Gasteiger charge is 2.34. The number of benzene rings is 1. The summed E-state index contributed by atoms with van der Waals surface area (Å²) in [5.41, 5.74) is 0.703. The predicted octanol–water partition coefficient (Wildman–Crippen LogP) is 3.97. The van der Waals surface area contributed by atoms with Gasteiger partial charge in [-0.2, -0.15) is 11.8 Å². The molecule has 0 amide bonds. The van der Waals surface area contributed by atoms with Crippen molar-refractivity contribution in [2.75, 3.05) is 18.8 Å². The minimum absolute atomic E-state index is 0.0442. The van der Waals surface area contributed by atoms with Crippen molar-refractivity contribution in [1.82, 2.24) is 4.31 Å². The average Bonchev–Trinajstić information content (AvgIpc) is 2.83. The van der Waals surface area contributed by atoms with E-state index in [2.05, 4.69) is 0 Å². The zero-order chi connectivity index (χ0) is 16.3. The van der Waals surface area contributed by atoms with Crippen molar-refractivity contribution in [1.29, 1.82) is 0 Å². The van der Waals surface area contributed by atoms with Crippen LogP contribution in [-0.4, -0.2) is 36.8 Å². The van der Waals surface area contributed by atoms with Gasteiger partial charge in [-0.1, -0.05) is 37.5 Å². The van der Waals surface area contributed by atoms with Gasteiger partial charge in [-0.05, 0) is 25.3 Å². The molecule has 1 aromatic carbocycles. The van der Waals surface area contributed by atoms with Gasteiger partial charge in [0.2, 0.25) is 10.0 Å². The Labute approximate surface area is 142 Å². The second-order valence-corrected chi connectivity index (χ2v) is 9.90. The van der Waals surface area contributed by atoms with Crippen LogP contribution in [0.1, 0.15) is 49.3 Å². The van der Waals surface area contributed by atoms with Crippen LogP contribution in [0.4, 0.5) is 4.39 Å². The molecule has 1 aromatic rings. The number of halogens is 1. The maximum Gasteiger partial charge on any atom is 0.217 e. The molecule has 3 rings (SSSR count). The average molecular weight is 358 g/mol. The van der Waals surface area contributed by atoms with Gasteiger partial charge in [0, 0.05) is 29.7 Å². The summed E-state index contributed by atoms with van der Waals surface area (Å²) in [6.07, 6.45) is 5.45. The van der Waals surface area contributed by atoms with Gasteiger partial charge in [-0.15, -0.1) is 0 Å². The highest BCUT2D eigenvalue weighted by molar-refractivity contribution is 7.99. The molecule has 0 spiro atoms. The van der Waals surface area contributed by atoms with Gasteiger partial charge in [-0.3, -0.25) is 0 Å². The second-order valence-electron chi connectivity index (χ2n) is 6.37. The lowest BCUT2D eigenvalue weighted by molar-refractivity contribution is 0.398. The summed E-state index contributed by atoms with van der Waals surface area (Å²) in [5, 5.41) is -0.158. The lowest BCUT2D eigenvalue weighted by Crippen LogP contribution is -2.40. The van der Waals surface area contributed by atoms with E-state index in [1.54, 1.807) is 22.1 Å². The molecule has 23 heavy (non-hydrogen) atoms. The molecular formula is C17H24FNO2S2. The van der Waals surface area contributed by atoms with Crippen LogP contribution in [0.25, 0.3) is 0 Å². The van der Waals surface area contributed by atoms with Crippen LogP contribution >= 0.6 is 11.8 Å². The van der Waals surface area contributed by atoms with Crippen LogP contribution in [0.3, 0.4) is 0 Å². The standard InChI is InChI=1S/C17H24FNO2S2/c18-16-9-5-4-8-15(16)17-10-11-19(12-13-22-17)23(20,21)14-6-2-1-3-7-14/h4-5,8-9,14,17H,1-3,6-7,10-13H2. The van der Waals surface area contributed by atoms with Gasteiger partial charge in [-0.25, -0.2) is 17.1 Å². The van der Waals surface area contributed by atoms with Crippen LogP contribution < -0.4 is 0 Å². The van der Waals surface area contributed by atoms with Crippen LogP contribution in [0, 0.1) is 5.82 Å². The molecule has 1 unspecified atom stereocenters. The summed E-state index contributed by atoms with van der Waals surface area (Å²) in [6.45, 7) is 1.05. The minimum atomic E-state index is -3.20. The number of rotatable bonds is 3. The van der Waals surface area contributed by atoms with Gasteiger partial charge in [0.1, 0.15) is 5.82 Å². The van der Waals surface area contributed by atoms with E-state index in [4.69, 9.17) is 0 Å². The smallest absolute Gasteiger partial charge is 0.212 e. The first kappa shape index (κ1) is 17.2. The SMILES string of the molecule is O=S(=O)(C1CCCCC1)N1CCSC(c2ccccc2F)CC1. The molecule has 0 bridgehead atoms.